The number of piperidine rings is 1. The van der Waals surface area contributed by atoms with Gasteiger partial charge in [0.25, 0.3) is 0 Å². The van der Waals surface area contributed by atoms with Gasteiger partial charge >= 0.3 is 0 Å². The molecule has 0 unspecified atom stereocenters. The zero-order valence-corrected chi connectivity index (χ0v) is 8.98. The normalized spacial score (nSPS) is 19.0. The van der Waals surface area contributed by atoms with E-state index in [4.69, 9.17) is 5.73 Å². The first-order chi connectivity index (χ1) is 7.24. The summed E-state index contributed by atoms with van der Waals surface area (Å²) < 4.78 is 0. The van der Waals surface area contributed by atoms with Crippen molar-refractivity contribution in [3.8, 4) is 0 Å². The summed E-state index contributed by atoms with van der Waals surface area (Å²) in [7, 11) is 2.15. The van der Waals surface area contributed by atoms with E-state index in [9.17, 15) is 0 Å². The standard InChI is InChI=1S/C10H17N5/c1-15-6-3-8(4-7-15)13-10-12-5-2-9(11)14-10/h2,5,8H,3-4,6-7H2,1H3,(H3,11,12,13,14). The highest BCUT2D eigenvalue weighted by Gasteiger charge is 2.16. The molecule has 15 heavy (non-hydrogen) atoms. The average Bonchev–Trinajstić information content (AvgIpc) is 2.22. The fourth-order valence-corrected chi connectivity index (χ4v) is 1.78. The Hall–Kier alpha value is -1.36. The van der Waals surface area contributed by atoms with Crippen LogP contribution in [0.25, 0.3) is 0 Å². The van der Waals surface area contributed by atoms with Crippen molar-refractivity contribution < 1.29 is 0 Å². The van der Waals surface area contributed by atoms with Crippen LogP contribution in [0.4, 0.5) is 11.8 Å². The van der Waals surface area contributed by atoms with Crippen molar-refractivity contribution in [3.63, 3.8) is 0 Å². The molecule has 1 aliphatic rings. The largest absolute Gasteiger partial charge is 0.384 e. The molecule has 1 aromatic heterocycles. The van der Waals surface area contributed by atoms with Crippen LogP contribution in [0.2, 0.25) is 0 Å². The van der Waals surface area contributed by atoms with Gasteiger partial charge in [-0.2, -0.15) is 4.98 Å². The Morgan fingerprint density at radius 3 is 2.87 bits per heavy atom. The number of rotatable bonds is 2. The summed E-state index contributed by atoms with van der Waals surface area (Å²) in [6.45, 7) is 2.25. The Kier molecular flexibility index (Phi) is 3.01. The highest BCUT2D eigenvalue weighted by atomic mass is 15.2. The van der Waals surface area contributed by atoms with Gasteiger partial charge in [0, 0.05) is 12.2 Å². The molecule has 1 aromatic rings. The number of likely N-dealkylation sites (tertiary alicyclic amines) is 1. The zero-order chi connectivity index (χ0) is 10.7. The lowest BCUT2D eigenvalue weighted by Crippen LogP contribution is -2.37. The maximum absolute atomic E-state index is 5.59. The first kappa shape index (κ1) is 10.2. The minimum absolute atomic E-state index is 0.475. The molecule has 0 amide bonds. The zero-order valence-electron chi connectivity index (χ0n) is 8.98. The van der Waals surface area contributed by atoms with Crippen LogP contribution in [0.1, 0.15) is 12.8 Å². The number of nitrogens with zero attached hydrogens (tertiary/aromatic N) is 3. The van der Waals surface area contributed by atoms with Crippen molar-refractivity contribution in [1.82, 2.24) is 14.9 Å². The van der Waals surface area contributed by atoms with Crippen LogP contribution in [0.15, 0.2) is 12.3 Å². The molecule has 1 saturated heterocycles. The summed E-state index contributed by atoms with van der Waals surface area (Å²) in [5.74, 6) is 1.16. The smallest absolute Gasteiger partial charge is 0.224 e. The second-order valence-corrected chi connectivity index (χ2v) is 4.03. The predicted molar refractivity (Wildman–Crippen MR) is 60.6 cm³/mol. The molecule has 0 radical (unpaired) electrons. The molecular formula is C10H17N5. The summed E-state index contributed by atoms with van der Waals surface area (Å²) >= 11 is 0. The molecule has 0 saturated carbocycles. The van der Waals surface area contributed by atoms with E-state index in [0.29, 0.717) is 17.8 Å². The summed E-state index contributed by atoms with van der Waals surface area (Å²) in [5, 5.41) is 3.31. The third-order valence-electron chi connectivity index (χ3n) is 2.73. The fourth-order valence-electron chi connectivity index (χ4n) is 1.78. The maximum Gasteiger partial charge on any atom is 0.224 e. The number of nitrogen functional groups attached to an aromatic ring is 1. The quantitative estimate of drug-likeness (QED) is 0.742. The second-order valence-electron chi connectivity index (χ2n) is 4.03. The van der Waals surface area contributed by atoms with E-state index in [2.05, 4.69) is 27.2 Å². The van der Waals surface area contributed by atoms with Crippen molar-refractivity contribution in [2.45, 2.75) is 18.9 Å². The van der Waals surface area contributed by atoms with Gasteiger partial charge in [-0.25, -0.2) is 4.98 Å². The van der Waals surface area contributed by atoms with Crippen LogP contribution >= 0.6 is 0 Å². The first-order valence-electron chi connectivity index (χ1n) is 5.27. The molecule has 5 nitrogen and oxygen atoms in total. The average molecular weight is 207 g/mol. The molecular weight excluding hydrogens is 190 g/mol. The molecule has 0 aliphatic carbocycles. The number of nitrogens with two attached hydrogens (primary N) is 1. The minimum atomic E-state index is 0.475. The van der Waals surface area contributed by atoms with Crippen LogP contribution in [-0.2, 0) is 0 Å². The maximum atomic E-state index is 5.59. The molecule has 2 heterocycles. The summed E-state index contributed by atoms with van der Waals surface area (Å²) in [6, 6.07) is 2.17. The van der Waals surface area contributed by atoms with E-state index in [0.717, 1.165) is 25.9 Å². The van der Waals surface area contributed by atoms with Gasteiger partial charge in [0.2, 0.25) is 5.95 Å². The number of anilines is 2. The number of aromatic nitrogens is 2. The van der Waals surface area contributed by atoms with Gasteiger partial charge in [-0.05, 0) is 39.0 Å². The second kappa shape index (κ2) is 4.44. The molecule has 0 aromatic carbocycles. The van der Waals surface area contributed by atoms with Crippen LogP contribution < -0.4 is 11.1 Å². The van der Waals surface area contributed by atoms with E-state index in [1.165, 1.54) is 0 Å². The summed E-state index contributed by atoms with van der Waals surface area (Å²) in [4.78, 5) is 10.6. The fraction of sp³-hybridized carbons (Fsp3) is 0.600. The van der Waals surface area contributed by atoms with E-state index in [1.807, 2.05) is 0 Å². The molecule has 0 atom stereocenters. The van der Waals surface area contributed by atoms with Crippen molar-refractivity contribution in [3.05, 3.63) is 12.3 Å². The molecule has 2 rings (SSSR count). The Morgan fingerprint density at radius 1 is 1.47 bits per heavy atom. The first-order valence-corrected chi connectivity index (χ1v) is 5.27. The molecule has 5 heteroatoms. The van der Waals surface area contributed by atoms with Gasteiger partial charge in [-0.15, -0.1) is 0 Å². The third kappa shape index (κ3) is 2.79. The van der Waals surface area contributed by atoms with Gasteiger partial charge in [-0.1, -0.05) is 0 Å². The van der Waals surface area contributed by atoms with Crippen molar-refractivity contribution in [2.24, 2.45) is 0 Å². The molecule has 0 bridgehead atoms. The molecule has 82 valence electrons. The van der Waals surface area contributed by atoms with Crippen molar-refractivity contribution >= 4 is 11.8 Å². The van der Waals surface area contributed by atoms with Crippen molar-refractivity contribution in [1.29, 1.82) is 0 Å². The molecule has 0 spiro atoms. The highest BCUT2D eigenvalue weighted by molar-refractivity contribution is 5.35. The number of hydrogen-bond acceptors (Lipinski definition) is 5. The Morgan fingerprint density at radius 2 is 2.20 bits per heavy atom. The van der Waals surface area contributed by atoms with Gasteiger partial charge < -0.3 is 16.0 Å². The lowest BCUT2D eigenvalue weighted by Gasteiger charge is -2.29. The third-order valence-corrected chi connectivity index (χ3v) is 2.73. The van der Waals surface area contributed by atoms with Gasteiger partial charge in [0.15, 0.2) is 0 Å². The highest BCUT2D eigenvalue weighted by Crippen LogP contribution is 2.13. The van der Waals surface area contributed by atoms with E-state index < -0.39 is 0 Å². The Labute approximate surface area is 89.7 Å². The van der Waals surface area contributed by atoms with Gasteiger partial charge in [0.1, 0.15) is 5.82 Å². The molecule has 1 aliphatic heterocycles. The summed E-state index contributed by atoms with van der Waals surface area (Å²) in [6.07, 6.45) is 3.95. The lowest BCUT2D eigenvalue weighted by atomic mass is 10.1. The Bertz CT molecular complexity index is 319. The van der Waals surface area contributed by atoms with Crippen LogP contribution in [0.3, 0.4) is 0 Å². The summed E-state index contributed by atoms with van der Waals surface area (Å²) in [5.41, 5.74) is 5.59. The minimum Gasteiger partial charge on any atom is -0.384 e. The Balaban J connectivity index is 1.92. The monoisotopic (exact) mass is 207 g/mol. The van der Waals surface area contributed by atoms with Gasteiger partial charge in [0.05, 0.1) is 0 Å². The van der Waals surface area contributed by atoms with Gasteiger partial charge in [-0.3, -0.25) is 0 Å². The predicted octanol–water partition coefficient (Wildman–Crippen LogP) is 0.565. The van der Waals surface area contributed by atoms with Crippen LogP contribution in [0.5, 0.6) is 0 Å². The van der Waals surface area contributed by atoms with E-state index in [-0.39, 0.29) is 0 Å². The van der Waals surface area contributed by atoms with E-state index >= 15 is 0 Å². The molecule has 1 fully saturated rings. The SMILES string of the molecule is CN1CCC(Nc2nccc(N)n2)CC1. The number of hydrogen-bond donors (Lipinski definition) is 2. The topological polar surface area (TPSA) is 67.1 Å². The number of nitrogens with one attached hydrogen (secondary N) is 1. The lowest BCUT2D eigenvalue weighted by molar-refractivity contribution is 0.263. The van der Waals surface area contributed by atoms with E-state index in [1.54, 1.807) is 12.3 Å². The molecule has 3 N–H and O–H groups in total. The van der Waals surface area contributed by atoms with Crippen LogP contribution in [0, 0.1) is 0 Å². The van der Waals surface area contributed by atoms with Crippen molar-refractivity contribution in [2.75, 3.05) is 31.2 Å². The van der Waals surface area contributed by atoms with Crippen LogP contribution in [-0.4, -0.2) is 41.0 Å².